The van der Waals surface area contributed by atoms with Gasteiger partial charge in [0, 0.05) is 60.4 Å². The van der Waals surface area contributed by atoms with Crippen LogP contribution in [0.25, 0.3) is 0 Å². The van der Waals surface area contributed by atoms with Gasteiger partial charge < -0.3 is 10.6 Å². The molecule has 1 aliphatic rings. The maximum absolute atomic E-state index is 12.1. The Kier molecular flexibility index (Phi) is 8.65. The summed E-state index contributed by atoms with van der Waals surface area (Å²) in [6, 6.07) is 3.32. The molecule has 27 heavy (non-hydrogen) atoms. The Bertz CT molecular complexity index is 740. The highest BCUT2D eigenvalue weighted by molar-refractivity contribution is 7.89. The highest BCUT2D eigenvalue weighted by Crippen LogP contribution is 2.22. The average Bonchev–Trinajstić information content (AvgIpc) is 2.70. The van der Waals surface area contributed by atoms with Crippen LogP contribution in [-0.2, 0) is 20.8 Å². The van der Waals surface area contributed by atoms with Crippen LogP contribution in [0.3, 0.4) is 0 Å². The summed E-state index contributed by atoms with van der Waals surface area (Å²) in [4.78, 5) is 8.16. The first-order valence-electron chi connectivity index (χ1n) is 9.20. The van der Waals surface area contributed by atoms with Crippen molar-refractivity contribution in [1.29, 1.82) is 0 Å². The number of pyridine rings is 1. The van der Waals surface area contributed by atoms with Crippen molar-refractivity contribution in [3.05, 3.63) is 24.5 Å². The molecule has 0 aliphatic heterocycles. The number of sulfonamides is 1. The summed E-state index contributed by atoms with van der Waals surface area (Å²) in [5, 5.41) is 6.72. The highest BCUT2D eigenvalue weighted by atomic mass is 32.2. The Morgan fingerprint density at radius 3 is 2.85 bits per heavy atom. The van der Waals surface area contributed by atoms with Crippen LogP contribution in [0, 0.1) is 0 Å². The molecule has 3 atom stereocenters. The zero-order valence-electron chi connectivity index (χ0n) is 15.8. The molecule has 2 rings (SSSR count). The molecule has 0 aromatic carbocycles. The normalized spacial score (nSPS) is 22.2. The second kappa shape index (κ2) is 10.7. The Labute approximate surface area is 164 Å². The molecule has 0 radical (unpaired) electrons. The molecule has 152 valence electrons. The third kappa shape index (κ3) is 6.86. The van der Waals surface area contributed by atoms with Crippen molar-refractivity contribution in [2.24, 2.45) is 4.99 Å². The molecule has 0 amide bonds. The highest BCUT2D eigenvalue weighted by Gasteiger charge is 2.26. The Balaban J connectivity index is 1.77. The molecule has 3 N–H and O–H groups in total. The number of rotatable bonds is 8. The predicted octanol–water partition coefficient (Wildman–Crippen LogP) is 0.605. The van der Waals surface area contributed by atoms with E-state index in [1.807, 2.05) is 6.92 Å². The quantitative estimate of drug-likeness (QED) is 0.326. The van der Waals surface area contributed by atoms with E-state index in [0.29, 0.717) is 18.3 Å². The topological polar surface area (TPSA) is 113 Å². The third-order valence-electron chi connectivity index (χ3n) is 4.50. The fourth-order valence-electron chi connectivity index (χ4n) is 3.09. The van der Waals surface area contributed by atoms with E-state index in [1.54, 1.807) is 13.1 Å². The standard InChI is InChI=1S/C17H29N5O3S2/c1-3-26(23)15-7-4-6-14(12-15)22-17(18-2)20-10-11-21-27(24,25)16-8-5-9-19-13-16/h5,8-9,13-15,21H,3-4,6-7,10-12H2,1-2H3,(H2,18,20,22). The van der Waals surface area contributed by atoms with Crippen molar-refractivity contribution in [3.8, 4) is 0 Å². The van der Waals surface area contributed by atoms with Crippen molar-refractivity contribution < 1.29 is 12.6 Å². The number of nitrogens with zero attached hydrogens (tertiary/aromatic N) is 2. The summed E-state index contributed by atoms with van der Waals surface area (Å²) in [6.07, 6.45) is 6.80. The van der Waals surface area contributed by atoms with E-state index in [4.69, 9.17) is 0 Å². The minimum Gasteiger partial charge on any atom is -0.355 e. The van der Waals surface area contributed by atoms with Crippen molar-refractivity contribution in [2.75, 3.05) is 25.9 Å². The first kappa shape index (κ1) is 21.8. The van der Waals surface area contributed by atoms with Gasteiger partial charge in [0.05, 0.1) is 0 Å². The molecule has 3 unspecified atom stereocenters. The van der Waals surface area contributed by atoms with Crippen LogP contribution in [0.1, 0.15) is 32.6 Å². The van der Waals surface area contributed by atoms with Crippen molar-refractivity contribution >= 4 is 26.8 Å². The fourth-order valence-corrected chi connectivity index (χ4v) is 5.44. The van der Waals surface area contributed by atoms with Gasteiger partial charge in [0.15, 0.2) is 5.96 Å². The molecule has 1 aromatic rings. The zero-order valence-corrected chi connectivity index (χ0v) is 17.5. The van der Waals surface area contributed by atoms with Gasteiger partial charge in [-0.15, -0.1) is 0 Å². The number of aromatic nitrogens is 1. The van der Waals surface area contributed by atoms with Crippen LogP contribution in [0.15, 0.2) is 34.4 Å². The average molecular weight is 416 g/mol. The van der Waals surface area contributed by atoms with Crippen molar-refractivity contribution in [2.45, 2.75) is 48.8 Å². The minimum atomic E-state index is -3.56. The summed E-state index contributed by atoms with van der Waals surface area (Å²) < 4.78 is 38.9. The maximum Gasteiger partial charge on any atom is 0.242 e. The van der Waals surface area contributed by atoms with Gasteiger partial charge in [-0.25, -0.2) is 13.1 Å². The van der Waals surface area contributed by atoms with Gasteiger partial charge in [-0.1, -0.05) is 13.3 Å². The monoisotopic (exact) mass is 415 g/mol. The predicted molar refractivity (Wildman–Crippen MR) is 109 cm³/mol. The smallest absolute Gasteiger partial charge is 0.242 e. The van der Waals surface area contributed by atoms with Gasteiger partial charge in [-0.2, -0.15) is 0 Å². The SMILES string of the molecule is CCS(=O)C1CCCC(NC(=NC)NCCNS(=O)(=O)c2cccnc2)C1. The Morgan fingerprint density at radius 1 is 1.37 bits per heavy atom. The van der Waals surface area contributed by atoms with E-state index in [0.717, 1.165) is 25.7 Å². The van der Waals surface area contributed by atoms with Crippen molar-refractivity contribution in [1.82, 2.24) is 20.3 Å². The van der Waals surface area contributed by atoms with Crippen LogP contribution in [0.4, 0.5) is 0 Å². The van der Waals surface area contributed by atoms with E-state index in [2.05, 4.69) is 25.3 Å². The molecule has 1 saturated carbocycles. The summed E-state index contributed by atoms with van der Waals surface area (Å²) in [5.41, 5.74) is 0. The lowest BCUT2D eigenvalue weighted by atomic mass is 9.95. The summed E-state index contributed by atoms with van der Waals surface area (Å²) in [5.74, 6) is 1.32. The molecule has 1 aliphatic carbocycles. The van der Waals surface area contributed by atoms with Gasteiger partial charge in [-0.3, -0.25) is 14.2 Å². The molecule has 1 heterocycles. The lowest BCUT2D eigenvalue weighted by molar-refractivity contribution is 0.413. The zero-order chi connectivity index (χ0) is 19.7. The van der Waals surface area contributed by atoms with Gasteiger partial charge in [0.1, 0.15) is 4.90 Å². The number of nitrogens with one attached hydrogen (secondary N) is 3. The largest absolute Gasteiger partial charge is 0.355 e. The fraction of sp³-hybridized carbons (Fsp3) is 0.647. The van der Waals surface area contributed by atoms with Crippen LogP contribution in [0.2, 0.25) is 0 Å². The molecule has 10 heteroatoms. The van der Waals surface area contributed by atoms with E-state index in [-0.39, 0.29) is 22.7 Å². The first-order chi connectivity index (χ1) is 13.0. The number of aliphatic imine (C=N–C) groups is 1. The van der Waals surface area contributed by atoms with Crippen LogP contribution >= 0.6 is 0 Å². The van der Waals surface area contributed by atoms with E-state index in [1.165, 1.54) is 18.5 Å². The van der Waals surface area contributed by atoms with E-state index >= 15 is 0 Å². The van der Waals surface area contributed by atoms with Crippen LogP contribution in [0.5, 0.6) is 0 Å². The minimum absolute atomic E-state index is 0.143. The molecular formula is C17H29N5O3S2. The molecule has 1 fully saturated rings. The number of hydrogen-bond acceptors (Lipinski definition) is 5. The lowest BCUT2D eigenvalue weighted by Crippen LogP contribution is -2.48. The molecule has 8 nitrogen and oxygen atoms in total. The van der Waals surface area contributed by atoms with Crippen LogP contribution < -0.4 is 15.4 Å². The molecular weight excluding hydrogens is 386 g/mol. The second-order valence-corrected chi connectivity index (χ2v) is 10.2. The summed E-state index contributed by atoms with van der Waals surface area (Å²) >= 11 is 0. The first-order valence-corrected chi connectivity index (χ1v) is 12.1. The summed E-state index contributed by atoms with van der Waals surface area (Å²) in [7, 11) is -2.65. The van der Waals surface area contributed by atoms with Gasteiger partial charge >= 0.3 is 0 Å². The molecule has 0 spiro atoms. The van der Waals surface area contributed by atoms with Gasteiger partial charge in [0.2, 0.25) is 10.0 Å². The molecule has 1 aromatic heterocycles. The lowest BCUT2D eigenvalue weighted by Gasteiger charge is -2.30. The third-order valence-corrected chi connectivity index (χ3v) is 7.69. The Hall–Kier alpha value is -1.52. The Morgan fingerprint density at radius 2 is 2.19 bits per heavy atom. The van der Waals surface area contributed by atoms with Crippen molar-refractivity contribution in [3.63, 3.8) is 0 Å². The maximum atomic E-state index is 12.1. The number of guanidine groups is 1. The van der Waals surface area contributed by atoms with Crippen LogP contribution in [-0.4, -0.2) is 60.8 Å². The van der Waals surface area contributed by atoms with Gasteiger partial charge in [0.25, 0.3) is 0 Å². The van der Waals surface area contributed by atoms with E-state index in [9.17, 15) is 12.6 Å². The molecule has 0 bridgehead atoms. The molecule has 0 saturated heterocycles. The summed E-state index contributed by atoms with van der Waals surface area (Å²) in [6.45, 7) is 2.58. The second-order valence-electron chi connectivity index (χ2n) is 6.38. The van der Waals surface area contributed by atoms with E-state index < -0.39 is 20.8 Å². The van der Waals surface area contributed by atoms with Gasteiger partial charge in [-0.05, 0) is 31.4 Å². The number of hydrogen-bond donors (Lipinski definition) is 3.